The first kappa shape index (κ1) is 48.5. The maximum absolute atomic E-state index is 3.54. The molecule has 44 heavy (non-hydrogen) atoms. The van der Waals surface area contributed by atoms with Crippen LogP contribution in [0.1, 0.15) is 194 Å². The number of hydrogen-bond donors (Lipinski definition) is 0. The van der Waals surface area contributed by atoms with Crippen molar-refractivity contribution in [2.24, 2.45) is 0 Å². The molecule has 0 aromatic rings. The minimum absolute atomic E-state index is 0. The summed E-state index contributed by atoms with van der Waals surface area (Å²) in [5.41, 5.74) is 0. The van der Waals surface area contributed by atoms with Gasteiger partial charge in [0.1, 0.15) is 13.1 Å². The lowest BCUT2D eigenvalue weighted by Crippen LogP contribution is -3.00. The smallest absolute Gasteiger partial charge is 0.140 e. The van der Waals surface area contributed by atoms with Crippen molar-refractivity contribution in [2.75, 3.05) is 54.4 Å². The van der Waals surface area contributed by atoms with Gasteiger partial charge in [0.2, 0.25) is 0 Å². The fourth-order valence-corrected chi connectivity index (χ4v) is 6.17. The van der Waals surface area contributed by atoms with E-state index in [-0.39, 0.29) is 24.8 Å². The van der Waals surface area contributed by atoms with Crippen LogP contribution in [0, 0.1) is 11.8 Å². The van der Waals surface area contributed by atoms with Crippen LogP contribution in [-0.4, -0.2) is 63.3 Å². The molecule has 4 heteroatoms. The average Bonchev–Trinajstić information content (AvgIpc) is 2.95. The summed E-state index contributed by atoms with van der Waals surface area (Å²) < 4.78 is 2.11. The summed E-state index contributed by atoms with van der Waals surface area (Å²) in [7, 11) is 9.47. The van der Waals surface area contributed by atoms with E-state index in [1.165, 1.54) is 193 Å². The second-order valence-electron chi connectivity index (χ2n) is 15.2. The van der Waals surface area contributed by atoms with E-state index in [4.69, 9.17) is 0 Å². The maximum atomic E-state index is 3.54. The zero-order valence-corrected chi connectivity index (χ0v) is 32.8. The molecule has 0 bridgehead atoms. The standard InChI is InChI=1S/C40H82N2.2ClH/c1-7-9-11-13-15-17-19-21-23-25-27-29-31-33-37-41(3,4)39-35-36-40-42(5,6)38-34-32-30-28-26-24-22-20-18-16-14-12-10-8-2;;/h7-34,37-40H2,1-6H3;2*1H/q+2;;/p-2. The molecule has 0 unspecified atom stereocenters. The third kappa shape index (κ3) is 38.2. The van der Waals surface area contributed by atoms with Crippen LogP contribution in [0.3, 0.4) is 0 Å². The van der Waals surface area contributed by atoms with Gasteiger partial charge in [0.25, 0.3) is 0 Å². The van der Waals surface area contributed by atoms with Gasteiger partial charge in [0, 0.05) is 0 Å². The summed E-state index contributed by atoms with van der Waals surface area (Å²) in [4.78, 5) is 0. The van der Waals surface area contributed by atoms with Gasteiger partial charge in [-0.1, -0.05) is 168 Å². The van der Waals surface area contributed by atoms with E-state index < -0.39 is 0 Å². The van der Waals surface area contributed by atoms with E-state index in [9.17, 15) is 0 Å². The van der Waals surface area contributed by atoms with Crippen LogP contribution in [0.2, 0.25) is 0 Å². The molecule has 0 aromatic carbocycles. The fraction of sp³-hybridized carbons (Fsp3) is 0.950. The molecule has 0 atom stereocenters. The number of halogens is 2. The van der Waals surface area contributed by atoms with E-state index in [0.29, 0.717) is 0 Å². The number of unbranched alkanes of at least 4 members (excludes halogenated alkanes) is 26. The van der Waals surface area contributed by atoms with E-state index in [1.807, 2.05) is 0 Å². The summed E-state index contributed by atoms with van der Waals surface area (Å²) in [6.07, 6.45) is 40.2. The Morgan fingerprint density at radius 2 is 0.477 bits per heavy atom. The topological polar surface area (TPSA) is 0 Å². The molecule has 0 saturated carbocycles. The molecule has 0 N–H and O–H groups in total. The minimum atomic E-state index is 0. The van der Waals surface area contributed by atoms with Crippen molar-refractivity contribution >= 4 is 0 Å². The fourth-order valence-electron chi connectivity index (χ4n) is 6.17. The molecule has 0 heterocycles. The first-order valence-corrected chi connectivity index (χ1v) is 19.4. The Labute approximate surface area is 292 Å². The van der Waals surface area contributed by atoms with Gasteiger partial charge >= 0.3 is 0 Å². The molecule has 0 amide bonds. The normalized spacial score (nSPS) is 11.5. The van der Waals surface area contributed by atoms with E-state index in [0.717, 1.165) is 22.1 Å². The van der Waals surface area contributed by atoms with Crippen LogP contribution in [0.4, 0.5) is 0 Å². The Bertz CT molecular complexity index is 558. The Morgan fingerprint density at radius 3 is 0.682 bits per heavy atom. The van der Waals surface area contributed by atoms with Gasteiger partial charge in [-0.25, -0.2) is 0 Å². The lowest BCUT2D eigenvalue weighted by Gasteiger charge is -2.28. The highest BCUT2D eigenvalue weighted by Gasteiger charge is 2.14. The number of nitrogens with zero attached hydrogens (tertiary/aromatic N) is 2. The highest BCUT2D eigenvalue weighted by Crippen LogP contribution is 2.15. The van der Waals surface area contributed by atoms with Crippen molar-refractivity contribution in [2.45, 2.75) is 194 Å². The molecule has 0 aliphatic carbocycles. The predicted molar refractivity (Wildman–Crippen MR) is 192 cm³/mol. The molecule has 0 rings (SSSR count). The van der Waals surface area contributed by atoms with Crippen LogP contribution in [-0.2, 0) is 0 Å². The number of quaternary nitrogens is 2. The average molecular weight is 662 g/mol. The van der Waals surface area contributed by atoms with Crippen molar-refractivity contribution in [3.63, 3.8) is 0 Å². The zero-order chi connectivity index (χ0) is 31.0. The molecule has 0 radical (unpaired) electrons. The van der Waals surface area contributed by atoms with Crippen LogP contribution < -0.4 is 24.8 Å². The van der Waals surface area contributed by atoms with Crippen LogP contribution >= 0.6 is 0 Å². The van der Waals surface area contributed by atoms with Crippen molar-refractivity contribution in [3.8, 4) is 11.8 Å². The molecule has 2 nitrogen and oxygen atoms in total. The van der Waals surface area contributed by atoms with Crippen molar-refractivity contribution in [1.29, 1.82) is 0 Å². The van der Waals surface area contributed by atoms with Gasteiger partial charge < -0.3 is 33.8 Å². The Kier molecular flexibility index (Phi) is 39.5. The van der Waals surface area contributed by atoms with Gasteiger partial charge in [-0.2, -0.15) is 0 Å². The molecular formula is C40H82Cl2N2. The lowest BCUT2D eigenvalue weighted by atomic mass is 10.0. The third-order valence-electron chi connectivity index (χ3n) is 9.37. The van der Waals surface area contributed by atoms with Gasteiger partial charge in [-0.05, 0) is 37.5 Å². The Balaban J connectivity index is -0.00000840. The van der Waals surface area contributed by atoms with Crippen LogP contribution in [0.25, 0.3) is 0 Å². The SMILES string of the molecule is CCCCCCCCCCCCCCCC[N+](C)(C)CC#CC[N+](C)(C)CCCCCCCCCCCCCCCC.[Cl-].[Cl-]. The largest absolute Gasteiger partial charge is 1.00 e. The Morgan fingerprint density at radius 1 is 0.295 bits per heavy atom. The second kappa shape index (κ2) is 35.9. The first-order chi connectivity index (χ1) is 20.3. The quantitative estimate of drug-likeness (QED) is 0.0464. The van der Waals surface area contributed by atoms with Gasteiger partial charge in [0.15, 0.2) is 0 Å². The van der Waals surface area contributed by atoms with Gasteiger partial charge in [0.05, 0.1) is 41.3 Å². The highest BCUT2D eigenvalue weighted by molar-refractivity contribution is 4.99. The first-order valence-electron chi connectivity index (χ1n) is 19.4. The lowest BCUT2D eigenvalue weighted by molar-refractivity contribution is -0.885. The molecule has 0 aromatic heterocycles. The predicted octanol–water partition coefficient (Wildman–Crippen LogP) is 6.11. The minimum Gasteiger partial charge on any atom is -1.00 e. The van der Waals surface area contributed by atoms with E-state index in [1.54, 1.807) is 0 Å². The van der Waals surface area contributed by atoms with E-state index >= 15 is 0 Å². The van der Waals surface area contributed by atoms with Crippen molar-refractivity contribution in [3.05, 3.63) is 0 Å². The summed E-state index contributed by atoms with van der Waals surface area (Å²) in [6.45, 7) is 9.14. The second-order valence-corrected chi connectivity index (χ2v) is 15.2. The molecular weight excluding hydrogens is 579 g/mol. The highest BCUT2D eigenvalue weighted by atomic mass is 35.5. The molecule has 0 fully saturated rings. The van der Waals surface area contributed by atoms with Crippen molar-refractivity contribution < 1.29 is 33.8 Å². The molecule has 0 saturated heterocycles. The van der Waals surface area contributed by atoms with Gasteiger partial charge in [-0.3, -0.25) is 0 Å². The number of rotatable bonds is 32. The zero-order valence-electron chi connectivity index (χ0n) is 31.3. The number of hydrogen-bond acceptors (Lipinski definition) is 0. The van der Waals surface area contributed by atoms with Crippen LogP contribution in [0.5, 0.6) is 0 Å². The van der Waals surface area contributed by atoms with Gasteiger partial charge in [-0.15, -0.1) is 0 Å². The third-order valence-corrected chi connectivity index (χ3v) is 9.37. The molecule has 0 spiro atoms. The molecule has 266 valence electrons. The van der Waals surface area contributed by atoms with Crippen molar-refractivity contribution in [1.82, 2.24) is 0 Å². The molecule has 0 aliphatic heterocycles. The summed E-state index contributed by atoms with van der Waals surface area (Å²) in [5.74, 6) is 7.08. The summed E-state index contributed by atoms with van der Waals surface area (Å²) >= 11 is 0. The maximum Gasteiger partial charge on any atom is 0.140 e. The van der Waals surface area contributed by atoms with E-state index in [2.05, 4.69) is 53.9 Å². The summed E-state index contributed by atoms with van der Waals surface area (Å²) in [6, 6.07) is 0. The molecule has 0 aliphatic rings. The van der Waals surface area contributed by atoms with Crippen LogP contribution in [0.15, 0.2) is 0 Å². The monoisotopic (exact) mass is 661 g/mol. The summed E-state index contributed by atoms with van der Waals surface area (Å²) in [5, 5.41) is 0. The Hall–Kier alpha value is 0.0600.